The minimum absolute atomic E-state index is 0.343. The van der Waals surface area contributed by atoms with Crippen LogP contribution in [0.5, 0.6) is 11.5 Å². The largest absolute Gasteiger partial charge is 0.493 e. The van der Waals surface area contributed by atoms with Gasteiger partial charge in [0.25, 0.3) is 0 Å². The first-order chi connectivity index (χ1) is 14.1. The molecule has 3 aromatic rings. The van der Waals surface area contributed by atoms with Gasteiger partial charge in [-0.3, -0.25) is 0 Å². The number of rotatable bonds is 9. The first-order valence-electron chi connectivity index (χ1n) is 9.25. The zero-order valence-electron chi connectivity index (χ0n) is 16.1. The smallest absolute Gasteiger partial charge is 0.175 e. The molecule has 0 saturated heterocycles. The van der Waals surface area contributed by atoms with Gasteiger partial charge in [-0.05, 0) is 45.3 Å². The van der Waals surface area contributed by atoms with Crippen molar-refractivity contribution in [3.05, 3.63) is 92.9 Å². The van der Waals surface area contributed by atoms with Crippen molar-refractivity contribution in [3.8, 4) is 11.5 Å². The Labute approximate surface area is 184 Å². The van der Waals surface area contributed by atoms with E-state index in [0.29, 0.717) is 36.2 Å². The Morgan fingerprint density at radius 3 is 2.52 bits per heavy atom. The van der Waals surface area contributed by atoms with E-state index in [2.05, 4.69) is 21.2 Å². The lowest BCUT2D eigenvalue weighted by Crippen LogP contribution is -2.21. The van der Waals surface area contributed by atoms with Gasteiger partial charge in [0, 0.05) is 23.7 Å². The average molecular weight is 477 g/mol. The molecular formula is C23H23BrClNO3. The molecule has 0 saturated carbocycles. The van der Waals surface area contributed by atoms with Crippen molar-refractivity contribution in [1.82, 2.24) is 5.32 Å². The second-order valence-corrected chi connectivity index (χ2v) is 7.81. The van der Waals surface area contributed by atoms with Crippen molar-refractivity contribution in [1.29, 1.82) is 0 Å². The maximum absolute atomic E-state index is 10.3. The number of methoxy groups -OCH3 is 1. The maximum atomic E-state index is 10.3. The minimum atomic E-state index is -0.556. The monoisotopic (exact) mass is 475 g/mol. The van der Waals surface area contributed by atoms with E-state index in [1.165, 1.54) is 0 Å². The molecular weight excluding hydrogens is 454 g/mol. The van der Waals surface area contributed by atoms with Crippen molar-refractivity contribution in [3.63, 3.8) is 0 Å². The van der Waals surface area contributed by atoms with E-state index < -0.39 is 6.10 Å². The first-order valence-corrected chi connectivity index (χ1v) is 10.4. The summed E-state index contributed by atoms with van der Waals surface area (Å²) in [5.74, 6) is 1.26. The summed E-state index contributed by atoms with van der Waals surface area (Å²) in [6.07, 6.45) is -0.556. The fourth-order valence-corrected chi connectivity index (χ4v) is 3.72. The standard InChI is InChI=1S/C23H23BrClNO3/c1-28-22-12-16(13-26-14-21(27)17-7-3-2-4-8-17)11-19(24)23(22)29-15-18-9-5-6-10-20(18)25/h2-12,21,26-27H,13-15H2,1H3/t21-/m1/s1. The Bertz CT molecular complexity index is 937. The molecule has 2 N–H and O–H groups in total. The van der Waals surface area contributed by atoms with Crippen LogP contribution in [-0.2, 0) is 13.2 Å². The van der Waals surface area contributed by atoms with E-state index in [0.717, 1.165) is 21.2 Å². The van der Waals surface area contributed by atoms with Crippen LogP contribution in [0.2, 0.25) is 5.02 Å². The van der Waals surface area contributed by atoms with Gasteiger partial charge in [0.1, 0.15) is 6.61 Å². The molecule has 0 unspecified atom stereocenters. The summed E-state index contributed by atoms with van der Waals surface area (Å²) in [5, 5.41) is 14.2. The van der Waals surface area contributed by atoms with Gasteiger partial charge in [0.2, 0.25) is 0 Å². The molecule has 0 amide bonds. The van der Waals surface area contributed by atoms with Crippen LogP contribution in [0.4, 0.5) is 0 Å². The highest BCUT2D eigenvalue weighted by atomic mass is 79.9. The van der Waals surface area contributed by atoms with Crippen molar-refractivity contribution >= 4 is 27.5 Å². The molecule has 0 aromatic heterocycles. The molecule has 152 valence electrons. The number of benzene rings is 3. The van der Waals surface area contributed by atoms with Crippen LogP contribution in [0.15, 0.2) is 71.2 Å². The normalized spacial score (nSPS) is 11.9. The molecule has 3 aromatic carbocycles. The van der Waals surface area contributed by atoms with E-state index in [-0.39, 0.29) is 0 Å². The molecule has 29 heavy (non-hydrogen) atoms. The van der Waals surface area contributed by atoms with E-state index in [9.17, 15) is 5.11 Å². The molecule has 0 spiro atoms. The molecule has 0 heterocycles. The van der Waals surface area contributed by atoms with Gasteiger partial charge in [-0.15, -0.1) is 0 Å². The number of hydrogen-bond donors (Lipinski definition) is 2. The lowest BCUT2D eigenvalue weighted by atomic mass is 10.1. The van der Waals surface area contributed by atoms with Gasteiger partial charge in [-0.2, -0.15) is 0 Å². The zero-order valence-corrected chi connectivity index (χ0v) is 18.4. The second kappa shape index (κ2) is 10.6. The Balaban J connectivity index is 1.62. The van der Waals surface area contributed by atoms with E-state index >= 15 is 0 Å². The van der Waals surface area contributed by atoms with Gasteiger partial charge in [-0.25, -0.2) is 0 Å². The van der Waals surface area contributed by atoms with Gasteiger partial charge < -0.3 is 19.9 Å². The lowest BCUT2D eigenvalue weighted by Gasteiger charge is -2.16. The SMILES string of the molecule is COc1cc(CNC[C@@H](O)c2ccccc2)cc(Br)c1OCc1ccccc1Cl. The average Bonchev–Trinajstić information content (AvgIpc) is 2.74. The second-order valence-electron chi connectivity index (χ2n) is 6.55. The summed E-state index contributed by atoms with van der Waals surface area (Å²) in [4.78, 5) is 0. The molecule has 0 bridgehead atoms. The van der Waals surface area contributed by atoms with Crippen LogP contribution >= 0.6 is 27.5 Å². The van der Waals surface area contributed by atoms with Gasteiger partial charge in [0.05, 0.1) is 17.7 Å². The fourth-order valence-electron chi connectivity index (χ4n) is 2.93. The highest BCUT2D eigenvalue weighted by Gasteiger charge is 2.13. The Hall–Kier alpha value is -2.05. The summed E-state index contributed by atoms with van der Waals surface area (Å²) < 4.78 is 12.3. The van der Waals surface area contributed by atoms with E-state index in [1.807, 2.05) is 66.7 Å². The van der Waals surface area contributed by atoms with Crippen LogP contribution in [0.25, 0.3) is 0 Å². The Kier molecular flexibility index (Phi) is 7.95. The highest BCUT2D eigenvalue weighted by molar-refractivity contribution is 9.10. The quantitative estimate of drug-likeness (QED) is 0.427. The predicted octanol–water partition coefficient (Wildman–Crippen LogP) is 5.51. The number of halogens is 2. The van der Waals surface area contributed by atoms with Gasteiger partial charge in [-0.1, -0.05) is 60.1 Å². The molecule has 0 fully saturated rings. The summed E-state index contributed by atoms with van der Waals surface area (Å²) in [7, 11) is 1.61. The van der Waals surface area contributed by atoms with Crippen LogP contribution < -0.4 is 14.8 Å². The number of nitrogens with one attached hydrogen (secondary N) is 1. The zero-order chi connectivity index (χ0) is 20.6. The number of ether oxygens (including phenoxy) is 2. The molecule has 1 atom stereocenters. The number of aliphatic hydroxyl groups excluding tert-OH is 1. The van der Waals surface area contributed by atoms with E-state index in [1.54, 1.807) is 7.11 Å². The fraction of sp³-hybridized carbons (Fsp3) is 0.217. The first kappa shape index (κ1) is 21.7. The predicted molar refractivity (Wildman–Crippen MR) is 120 cm³/mol. The lowest BCUT2D eigenvalue weighted by molar-refractivity contribution is 0.174. The van der Waals surface area contributed by atoms with Crippen molar-refractivity contribution in [2.75, 3.05) is 13.7 Å². The van der Waals surface area contributed by atoms with Crippen molar-refractivity contribution in [2.24, 2.45) is 0 Å². The summed E-state index contributed by atoms with van der Waals surface area (Å²) >= 11 is 9.78. The van der Waals surface area contributed by atoms with Crippen molar-refractivity contribution < 1.29 is 14.6 Å². The molecule has 3 rings (SSSR count). The van der Waals surface area contributed by atoms with Crippen molar-refractivity contribution in [2.45, 2.75) is 19.3 Å². The number of aliphatic hydroxyl groups is 1. The Morgan fingerprint density at radius 2 is 1.79 bits per heavy atom. The third kappa shape index (κ3) is 5.97. The summed E-state index contributed by atoms with van der Waals surface area (Å²) in [5.41, 5.74) is 2.81. The third-order valence-corrected chi connectivity index (χ3v) is 5.43. The topological polar surface area (TPSA) is 50.7 Å². The molecule has 0 aliphatic carbocycles. The van der Waals surface area contributed by atoms with Crippen LogP contribution in [0.3, 0.4) is 0 Å². The molecule has 4 nitrogen and oxygen atoms in total. The maximum Gasteiger partial charge on any atom is 0.175 e. The number of hydrogen-bond acceptors (Lipinski definition) is 4. The highest BCUT2D eigenvalue weighted by Crippen LogP contribution is 2.37. The van der Waals surface area contributed by atoms with Crippen LogP contribution in [-0.4, -0.2) is 18.8 Å². The molecule has 0 aliphatic heterocycles. The summed E-state index contributed by atoms with van der Waals surface area (Å²) in [6.45, 7) is 1.38. The van der Waals surface area contributed by atoms with Crippen LogP contribution in [0, 0.1) is 0 Å². The molecule has 6 heteroatoms. The van der Waals surface area contributed by atoms with Gasteiger partial charge >= 0.3 is 0 Å². The summed E-state index contributed by atoms with van der Waals surface area (Å²) in [6, 6.07) is 21.1. The van der Waals surface area contributed by atoms with Crippen LogP contribution in [0.1, 0.15) is 22.8 Å². The third-order valence-electron chi connectivity index (χ3n) is 4.47. The molecule has 0 radical (unpaired) electrons. The Morgan fingerprint density at radius 1 is 1.07 bits per heavy atom. The minimum Gasteiger partial charge on any atom is -0.493 e. The van der Waals surface area contributed by atoms with E-state index in [4.69, 9.17) is 21.1 Å². The molecule has 0 aliphatic rings. The van der Waals surface area contributed by atoms with Gasteiger partial charge in [0.15, 0.2) is 11.5 Å².